The van der Waals surface area contributed by atoms with E-state index in [1.54, 1.807) is 19.9 Å². The standard InChI is InChI=1S/C12H17N3O4/c1-12(2,11(13)15-18)14-10(17)8-5-4-7(19-3)6-9(8)16/h4-6,16,18H,1-3H3,(H2,13,15)(H,14,17). The zero-order valence-corrected chi connectivity index (χ0v) is 11.0. The maximum atomic E-state index is 12.0. The third-order valence-electron chi connectivity index (χ3n) is 2.62. The van der Waals surface area contributed by atoms with E-state index in [0.717, 1.165) is 0 Å². The van der Waals surface area contributed by atoms with Crippen LogP contribution in [0.4, 0.5) is 0 Å². The van der Waals surface area contributed by atoms with E-state index in [2.05, 4.69) is 10.5 Å². The molecule has 0 aromatic heterocycles. The van der Waals surface area contributed by atoms with Crippen LogP contribution in [0, 0.1) is 0 Å². The second kappa shape index (κ2) is 5.47. The number of carbonyl (C=O) groups excluding carboxylic acids is 1. The lowest BCUT2D eigenvalue weighted by Crippen LogP contribution is -2.53. The number of nitrogens with two attached hydrogens (primary N) is 1. The molecule has 1 amide bonds. The summed E-state index contributed by atoms with van der Waals surface area (Å²) in [6.07, 6.45) is 0. The molecule has 0 atom stereocenters. The van der Waals surface area contributed by atoms with Crippen LogP contribution in [-0.4, -0.2) is 34.7 Å². The van der Waals surface area contributed by atoms with E-state index in [1.165, 1.54) is 19.2 Å². The Labute approximate surface area is 110 Å². The second-order valence-electron chi connectivity index (χ2n) is 4.45. The first kappa shape index (κ1) is 14.6. The maximum Gasteiger partial charge on any atom is 0.255 e. The number of hydrogen-bond acceptors (Lipinski definition) is 5. The molecule has 7 heteroatoms. The van der Waals surface area contributed by atoms with Crippen LogP contribution in [-0.2, 0) is 0 Å². The van der Waals surface area contributed by atoms with Crippen molar-refractivity contribution in [2.45, 2.75) is 19.4 Å². The first-order chi connectivity index (χ1) is 8.81. The predicted octanol–water partition coefficient (Wildman–Crippen LogP) is 0.656. The highest BCUT2D eigenvalue weighted by molar-refractivity contribution is 6.01. The number of carbonyl (C=O) groups is 1. The first-order valence-corrected chi connectivity index (χ1v) is 5.49. The van der Waals surface area contributed by atoms with Crippen molar-refractivity contribution < 1.29 is 19.8 Å². The van der Waals surface area contributed by atoms with Crippen molar-refractivity contribution in [3.05, 3.63) is 23.8 Å². The van der Waals surface area contributed by atoms with E-state index in [0.29, 0.717) is 5.75 Å². The molecule has 1 aromatic carbocycles. The second-order valence-corrected chi connectivity index (χ2v) is 4.45. The fraction of sp³-hybridized carbons (Fsp3) is 0.333. The predicted molar refractivity (Wildman–Crippen MR) is 69.6 cm³/mol. The lowest BCUT2D eigenvalue weighted by Gasteiger charge is -2.24. The number of nitrogens with zero attached hydrogens (tertiary/aromatic N) is 1. The minimum Gasteiger partial charge on any atom is -0.507 e. The summed E-state index contributed by atoms with van der Waals surface area (Å²) in [5.74, 6) is -0.470. The van der Waals surface area contributed by atoms with Gasteiger partial charge in [-0.25, -0.2) is 0 Å². The minimum absolute atomic E-state index is 0.0691. The molecule has 19 heavy (non-hydrogen) atoms. The molecule has 1 rings (SSSR count). The van der Waals surface area contributed by atoms with Crippen LogP contribution in [0.25, 0.3) is 0 Å². The summed E-state index contributed by atoms with van der Waals surface area (Å²) in [6.45, 7) is 3.14. The Kier molecular flexibility index (Phi) is 4.21. The Hall–Kier alpha value is -2.44. The molecule has 0 heterocycles. The van der Waals surface area contributed by atoms with Gasteiger partial charge in [0.05, 0.1) is 18.2 Å². The molecule has 0 saturated carbocycles. The maximum absolute atomic E-state index is 12.0. The minimum atomic E-state index is -1.04. The summed E-state index contributed by atoms with van der Waals surface area (Å²) in [4.78, 5) is 12.0. The molecule has 5 N–H and O–H groups in total. The van der Waals surface area contributed by atoms with Gasteiger partial charge in [-0.1, -0.05) is 5.16 Å². The number of amides is 1. The van der Waals surface area contributed by atoms with Crippen molar-refractivity contribution in [3.8, 4) is 11.5 Å². The number of phenolic OH excluding ortho intramolecular Hbond substituents is 1. The van der Waals surface area contributed by atoms with Crippen molar-refractivity contribution >= 4 is 11.7 Å². The van der Waals surface area contributed by atoms with Crippen molar-refractivity contribution in [3.63, 3.8) is 0 Å². The van der Waals surface area contributed by atoms with Crippen molar-refractivity contribution in [1.82, 2.24) is 5.32 Å². The fourth-order valence-electron chi connectivity index (χ4n) is 1.37. The Morgan fingerprint density at radius 1 is 1.47 bits per heavy atom. The Bertz CT molecular complexity index is 512. The van der Waals surface area contributed by atoms with E-state index in [9.17, 15) is 9.90 Å². The molecule has 7 nitrogen and oxygen atoms in total. The molecule has 0 aliphatic rings. The monoisotopic (exact) mass is 267 g/mol. The normalized spacial score (nSPS) is 12.1. The van der Waals surface area contributed by atoms with E-state index in [1.807, 2.05) is 0 Å². The van der Waals surface area contributed by atoms with Gasteiger partial charge in [-0.2, -0.15) is 0 Å². The average molecular weight is 267 g/mol. The molecular formula is C12H17N3O4. The number of rotatable bonds is 4. The van der Waals surface area contributed by atoms with E-state index in [4.69, 9.17) is 15.7 Å². The molecule has 0 fully saturated rings. The molecule has 0 spiro atoms. The van der Waals surface area contributed by atoms with Gasteiger partial charge in [0.2, 0.25) is 0 Å². The molecule has 0 bridgehead atoms. The van der Waals surface area contributed by atoms with Gasteiger partial charge in [0.1, 0.15) is 11.5 Å². The van der Waals surface area contributed by atoms with Crippen molar-refractivity contribution in [1.29, 1.82) is 0 Å². The van der Waals surface area contributed by atoms with Gasteiger partial charge in [0.25, 0.3) is 5.91 Å². The van der Waals surface area contributed by atoms with Crippen molar-refractivity contribution in [2.24, 2.45) is 10.9 Å². The number of aromatic hydroxyl groups is 1. The van der Waals surface area contributed by atoms with Crippen LogP contribution < -0.4 is 15.8 Å². The Morgan fingerprint density at radius 3 is 2.58 bits per heavy atom. The first-order valence-electron chi connectivity index (χ1n) is 5.49. The number of amidine groups is 1. The summed E-state index contributed by atoms with van der Waals surface area (Å²) in [6, 6.07) is 4.29. The Balaban J connectivity index is 2.96. The largest absolute Gasteiger partial charge is 0.507 e. The molecular weight excluding hydrogens is 250 g/mol. The van der Waals surface area contributed by atoms with Crippen molar-refractivity contribution in [2.75, 3.05) is 7.11 Å². The van der Waals surface area contributed by atoms with Gasteiger partial charge >= 0.3 is 0 Å². The van der Waals surface area contributed by atoms with Crippen LogP contribution in [0.5, 0.6) is 11.5 Å². The topological polar surface area (TPSA) is 117 Å². The lowest BCUT2D eigenvalue weighted by atomic mass is 10.0. The van der Waals surface area contributed by atoms with Crippen LogP contribution in [0.3, 0.4) is 0 Å². The summed E-state index contributed by atoms with van der Waals surface area (Å²) in [7, 11) is 1.45. The highest BCUT2D eigenvalue weighted by atomic mass is 16.5. The SMILES string of the molecule is COc1ccc(C(=O)NC(C)(C)/C(N)=N/O)c(O)c1. The van der Waals surface area contributed by atoms with Crippen LogP contribution in [0.2, 0.25) is 0 Å². The van der Waals surface area contributed by atoms with Gasteiger partial charge in [-0.3, -0.25) is 4.79 Å². The highest BCUT2D eigenvalue weighted by Crippen LogP contribution is 2.23. The summed E-state index contributed by atoms with van der Waals surface area (Å²) >= 11 is 0. The molecule has 0 aliphatic heterocycles. The number of ether oxygens (including phenoxy) is 1. The fourth-order valence-corrected chi connectivity index (χ4v) is 1.37. The molecule has 0 radical (unpaired) electrons. The molecule has 0 aliphatic carbocycles. The van der Waals surface area contributed by atoms with Gasteiger partial charge in [-0.15, -0.1) is 0 Å². The zero-order valence-electron chi connectivity index (χ0n) is 11.0. The van der Waals surface area contributed by atoms with Gasteiger partial charge in [-0.05, 0) is 26.0 Å². The number of phenols is 1. The lowest BCUT2D eigenvalue weighted by molar-refractivity contribution is 0.0928. The molecule has 1 aromatic rings. The van der Waals surface area contributed by atoms with Crippen LogP contribution in [0.1, 0.15) is 24.2 Å². The van der Waals surface area contributed by atoms with E-state index < -0.39 is 11.4 Å². The van der Waals surface area contributed by atoms with Gasteiger partial charge < -0.3 is 26.1 Å². The van der Waals surface area contributed by atoms with Gasteiger partial charge in [0.15, 0.2) is 5.84 Å². The van der Waals surface area contributed by atoms with Gasteiger partial charge in [0, 0.05) is 6.07 Å². The van der Waals surface area contributed by atoms with E-state index in [-0.39, 0.29) is 17.1 Å². The quantitative estimate of drug-likeness (QED) is 0.276. The van der Waals surface area contributed by atoms with Crippen LogP contribution in [0.15, 0.2) is 23.4 Å². The molecule has 0 unspecified atom stereocenters. The van der Waals surface area contributed by atoms with Crippen LogP contribution >= 0.6 is 0 Å². The summed E-state index contributed by atoms with van der Waals surface area (Å²) in [5.41, 5.74) is 4.49. The number of nitrogens with one attached hydrogen (secondary N) is 1. The third kappa shape index (κ3) is 3.27. The summed E-state index contributed by atoms with van der Waals surface area (Å²) in [5, 5.41) is 23.8. The number of benzene rings is 1. The smallest absolute Gasteiger partial charge is 0.255 e. The zero-order chi connectivity index (χ0) is 14.6. The molecule has 0 saturated heterocycles. The third-order valence-corrected chi connectivity index (χ3v) is 2.62. The Morgan fingerprint density at radius 2 is 2.11 bits per heavy atom. The summed E-state index contributed by atoms with van der Waals surface area (Å²) < 4.78 is 4.92. The number of methoxy groups -OCH3 is 1. The number of oxime groups is 1. The highest BCUT2D eigenvalue weighted by Gasteiger charge is 2.27. The number of hydrogen-bond donors (Lipinski definition) is 4. The van der Waals surface area contributed by atoms with E-state index >= 15 is 0 Å². The average Bonchev–Trinajstić information content (AvgIpc) is 2.36. The molecule has 104 valence electrons.